The maximum atomic E-state index is 14.8. The van der Waals surface area contributed by atoms with Crippen LogP contribution in [0, 0.1) is 11.7 Å². The van der Waals surface area contributed by atoms with E-state index in [9.17, 15) is 9.18 Å². The molecular weight excluding hydrogens is 341 g/mol. The van der Waals surface area contributed by atoms with Crippen molar-refractivity contribution in [3.8, 4) is 11.1 Å². The third-order valence-electron chi connectivity index (χ3n) is 5.25. The van der Waals surface area contributed by atoms with E-state index in [1.165, 1.54) is 11.0 Å². The third-order valence-corrected chi connectivity index (χ3v) is 5.25. The molecule has 1 fully saturated rings. The van der Waals surface area contributed by atoms with Crippen LogP contribution in [0.4, 0.5) is 10.1 Å². The van der Waals surface area contributed by atoms with Crippen LogP contribution in [0.5, 0.6) is 0 Å². The van der Waals surface area contributed by atoms with Gasteiger partial charge in [0.05, 0.1) is 11.2 Å². The Morgan fingerprint density at radius 2 is 2.04 bits per heavy atom. The number of carbonyl (C=O) groups excluding carboxylic acids is 1. The average molecular weight is 363 g/mol. The minimum absolute atomic E-state index is 0.0490. The number of amides is 1. The highest BCUT2D eigenvalue weighted by Gasteiger charge is 2.22. The molecule has 138 valence electrons. The van der Waals surface area contributed by atoms with Crippen LogP contribution in [-0.2, 0) is 4.79 Å². The van der Waals surface area contributed by atoms with E-state index in [4.69, 9.17) is 0 Å². The molecule has 0 bridgehead atoms. The lowest BCUT2D eigenvalue weighted by Gasteiger charge is -2.20. The van der Waals surface area contributed by atoms with E-state index in [2.05, 4.69) is 10.3 Å². The van der Waals surface area contributed by atoms with Gasteiger partial charge in [0.25, 0.3) is 0 Å². The van der Waals surface area contributed by atoms with Gasteiger partial charge in [-0.3, -0.25) is 9.78 Å². The van der Waals surface area contributed by atoms with E-state index in [0.29, 0.717) is 18.0 Å². The quantitative estimate of drug-likeness (QED) is 0.762. The van der Waals surface area contributed by atoms with E-state index in [1.807, 2.05) is 36.4 Å². The van der Waals surface area contributed by atoms with Crippen LogP contribution < -0.4 is 10.2 Å². The van der Waals surface area contributed by atoms with Gasteiger partial charge in [0.1, 0.15) is 5.82 Å². The fourth-order valence-electron chi connectivity index (χ4n) is 3.62. The predicted molar refractivity (Wildman–Crippen MR) is 106 cm³/mol. The monoisotopic (exact) mass is 363 g/mol. The van der Waals surface area contributed by atoms with Crippen LogP contribution in [0.15, 0.2) is 54.7 Å². The normalized spacial score (nSPS) is 16.6. The van der Waals surface area contributed by atoms with Crippen LogP contribution in [-0.4, -0.2) is 31.0 Å². The Balaban J connectivity index is 1.56. The number of carbonyl (C=O) groups is 1. The summed E-state index contributed by atoms with van der Waals surface area (Å²) in [5.74, 6) is -0.0974. The average Bonchev–Trinajstić information content (AvgIpc) is 3.20. The fourth-order valence-corrected chi connectivity index (χ4v) is 3.62. The van der Waals surface area contributed by atoms with Crippen molar-refractivity contribution in [2.45, 2.75) is 12.8 Å². The molecule has 2 heterocycles. The number of hydrogen-bond donors (Lipinski definition) is 1. The number of nitrogens with one attached hydrogen (secondary N) is 1. The summed E-state index contributed by atoms with van der Waals surface area (Å²) in [6.07, 6.45) is 3.20. The summed E-state index contributed by atoms with van der Waals surface area (Å²) in [6.45, 7) is 1.81. The summed E-state index contributed by atoms with van der Waals surface area (Å²) in [5, 5.41) is 4.27. The summed E-state index contributed by atoms with van der Waals surface area (Å²) in [5.41, 5.74) is 2.93. The molecule has 1 N–H and O–H groups in total. The molecule has 5 heteroatoms. The molecular formula is C22H22FN3O. The summed E-state index contributed by atoms with van der Waals surface area (Å²) < 4.78 is 14.8. The molecule has 0 radical (unpaired) electrons. The second-order valence-corrected chi connectivity index (χ2v) is 7.09. The predicted octanol–water partition coefficient (Wildman–Crippen LogP) is 4.00. The van der Waals surface area contributed by atoms with E-state index in [0.717, 1.165) is 41.5 Å². The molecule has 3 aromatic rings. The third kappa shape index (κ3) is 3.69. The Bertz CT molecular complexity index is 982. The van der Waals surface area contributed by atoms with Crippen LogP contribution >= 0.6 is 0 Å². The van der Waals surface area contributed by atoms with Crippen molar-refractivity contribution in [2.24, 2.45) is 5.92 Å². The lowest BCUT2D eigenvalue weighted by atomic mass is 10.0. The van der Waals surface area contributed by atoms with Gasteiger partial charge in [-0.05, 0) is 66.9 Å². The van der Waals surface area contributed by atoms with Gasteiger partial charge >= 0.3 is 0 Å². The number of nitrogens with zero attached hydrogens (tertiary/aromatic N) is 2. The van der Waals surface area contributed by atoms with Gasteiger partial charge in [-0.2, -0.15) is 0 Å². The van der Waals surface area contributed by atoms with Gasteiger partial charge < -0.3 is 10.2 Å². The van der Waals surface area contributed by atoms with Crippen LogP contribution in [0.3, 0.4) is 0 Å². The molecule has 4 rings (SSSR count). The van der Waals surface area contributed by atoms with Gasteiger partial charge in [-0.1, -0.05) is 18.2 Å². The maximum Gasteiger partial charge on any atom is 0.227 e. The SMILES string of the molecule is CN(C(=O)CC1CCNC1)c1ccc(-c2ccc3ncccc3c2)cc1F. The number of aromatic nitrogens is 1. The molecule has 1 amide bonds. The number of rotatable bonds is 4. The fraction of sp³-hybridized carbons (Fsp3) is 0.273. The zero-order chi connectivity index (χ0) is 18.8. The van der Waals surface area contributed by atoms with Gasteiger partial charge in [-0.25, -0.2) is 4.39 Å². The van der Waals surface area contributed by atoms with E-state index in [-0.39, 0.29) is 11.7 Å². The molecule has 1 atom stereocenters. The molecule has 1 unspecified atom stereocenters. The summed E-state index contributed by atoms with van der Waals surface area (Å²) >= 11 is 0. The number of fused-ring (bicyclic) bond motifs is 1. The van der Waals surface area contributed by atoms with Crippen molar-refractivity contribution in [1.82, 2.24) is 10.3 Å². The molecule has 0 saturated carbocycles. The van der Waals surface area contributed by atoms with Crippen LogP contribution in [0.2, 0.25) is 0 Å². The van der Waals surface area contributed by atoms with Crippen molar-refractivity contribution in [2.75, 3.05) is 25.0 Å². The van der Waals surface area contributed by atoms with E-state index < -0.39 is 0 Å². The second-order valence-electron chi connectivity index (χ2n) is 7.09. The van der Waals surface area contributed by atoms with Crippen molar-refractivity contribution >= 4 is 22.5 Å². The largest absolute Gasteiger partial charge is 0.316 e. The Morgan fingerprint density at radius 3 is 2.81 bits per heavy atom. The van der Waals surface area contributed by atoms with Crippen molar-refractivity contribution in [3.63, 3.8) is 0 Å². The van der Waals surface area contributed by atoms with Gasteiger partial charge in [0, 0.05) is 25.1 Å². The number of halogens is 1. The van der Waals surface area contributed by atoms with Crippen molar-refractivity contribution in [3.05, 3.63) is 60.5 Å². The number of anilines is 1. The Morgan fingerprint density at radius 1 is 1.22 bits per heavy atom. The van der Waals surface area contributed by atoms with E-state index >= 15 is 0 Å². The second kappa shape index (κ2) is 7.45. The summed E-state index contributed by atoms with van der Waals surface area (Å²) in [7, 11) is 1.64. The Hall–Kier alpha value is -2.79. The van der Waals surface area contributed by atoms with Gasteiger partial charge in [-0.15, -0.1) is 0 Å². The molecule has 4 nitrogen and oxygen atoms in total. The number of hydrogen-bond acceptors (Lipinski definition) is 3. The molecule has 0 aliphatic carbocycles. The van der Waals surface area contributed by atoms with Crippen LogP contribution in [0.25, 0.3) is 22.0 Å². The lowest BCUT2D eigenvalue weighted by molar-refractivity contribution is -0.119. The Labute approximate surface area is 158 Å². The summed E-state index contributed by atoms with van der Waals surface area (Å²) in [4.78, 5) is 18.2. The highest BCUT2D eigenvalue weighted by atomic mass is 19.1. The molecule has 0 spiro atoms. The minimum Gasteiger partial charge on any atom is -0.316 e. The van der Waals surface area contributed by atoms with Gasteiger partial charge in [0.15, 0.2) is 0 Å². The first kappa shape index (κ1) is 17.6. The molecule has 1 aliphatic heterocycles. The number of pyridine rings is 1. The number of benzene rings is 2. The Kier molecular flexibility index (Phi) is 4.86. The molecule has 1 aromatic heterocycles. The molecule has 2 aromatic carbocycles. The maximum absolute atomic E-state index is 14.8. The van der Waals surface area contributed by atoms with Crippen molar-refractivity contribution in [1.29, 1.82) is 0 Å². The highest BCUT2D eigenvalue weighted by molar-refractivity contribution is 5.93. The minimum atomic E-state index is -0.390. The molecule has 1 aliphatic rings. The first-order valence-electron chi connectivity index (χ1n) is 9.24. The van der Waals surface area contributed by atoms with Gasteiger partial charge in [0.2, 0.25) is 5.91 Å². The zero-order valence-electron chi connectivity index (χ0n) is 15.3. The lowest BCUT2D eigenvalue weighted by Crippen LogP contribution is -2.29. The smallest absolute Gasteiger partial charge is 0.227 e. The zero-order valence-corrected chi connectivity index (χ0v) is 15.3. The topological polar surface area (TPSA) is 45.2 Å². The summed E-state index contributed by atoms with van der Waals surface area (Å²) in [6, 6.07) is 14.8. The molecule has 27 heavy (non-hydrogen) atoms. The standard InChI is InChI=1S/C22H22FN3O/c1-26(22(27)11-15-8-10-24-14-15)21-7-5-17(13-19(21)23)16-4-6-20-18(12-16)3-2-9-25-20/h2-7,9,12-13,15,24H,8,10-11,14H2,1H3. The van der Waals surface area contributed by atoms with E-state index in [1.54, 1.807) is 19.3 Å². The van der Waals surface area contributed by atoms with Crippen LogP contribution in [0.1, 0.15) is 12.8 Å². The molecule has 1 saturated heterocycles. The first-order chi connectivity index (χ1) is 13.1. The first-order valence-corrected chi connectivity index (χ1v) is 9.24. The van der Waals surface area contributed by atoms with Crippen molar-refractivity contribution < 1.29 is 9.18 Å². The highest BCUT2D eigenvalue weighted by Crippen LogP contribution is 2.28.